The van der Waals surface area contributed by atoms with E-state index in [0.29, 0.717) is 5.41 Å². The van der Waals surface area contributed by atoms with Crippen molar-refractivity contribution in [2.75, 3.05) is 0 Å². The highest BCUT2D eigenvalue weighted by Crippen LogP contribution is 2.60. The smallest absolute Gasteiger partial charge is 0.0908 e. The third-order valence-electron chi connectivity index (χ3n) is 4.60. The first-order valence-corrected chi connectivity index (χ1v) is 5.87. The molecule has 0 saturated heterocycles. The molecule has 0 radical (unpaired) electrons. The van der Waals surface area contributed by atoms with Crippen LogP contribution < -0.4 is 0 Å². The van der Waals surface area contributed by atoms with E-state index in [4.69, 9.17) is 5.26 Å². The van der Waals surface area contributed by atoms with Crippen molar-refractivity contribution in [3.8, 4) is 6.07 Å². The van der Waals surface area contributed by atoms with Crippen molar-refractivity contribution >= 4 is 0 Å². The zero-order valence-electron chi connectivity index (χ0n) is 8.58. The highest BCUT2D eigenvalue weighted by molar-refractivity contribution is 5.15. The van der Waals surface area contributed by atoms with Crippen LogP contribution in [0.3, 0.4) is 0 Å². The van der Waals surface area contributed by atoms with Gasteiger partial charge in [-0.25, -0.2) is 0 Å². The average Bonchev–Trinajstić information content (AvgIpc) is 2.12. The van der Waals surface area contributed by atoms with Crippen molar-refractivity contribution in [3.05, 3.63) is 12.2 Å². The van der Waals surface area contributed by atoms with Crippen LogP contribution in [0.5, 0.6) is 0 Å². The van der Waals surface area contributed by atoms with E-state index < -0.39 is 0 Å². The zero-order valence-corrected chi connectivity index (χ0v) is 8.58. The summed E-state index contributed by atoms with van der Waals surface area (Å²) < 4.78 is 0. The van der Waals surface area contributed by atoms with E-state index in [1.54, 1.807) is 6.08 Å². The molecule has 4 saturated carbocycles. The van der Waals surface area contributed by atoms with E-state index >= 15 is 0 Å². The van der Waals surface area contributed by atoms with Gasteiger partial charge in [0.15, 0.2) is 0 Å². The molecule has 0 heterocycles. The molecule has 4 rings (SSSR count). The molecule has 1 heteroatoms. The highest BCUT2D eigenvalue weighted by Gasteiger charge is 2.49. The second-order valence-electron chi connectivity index (χ2n) is 5.74. The van der Waals surface area contributed by atoms with Gasteiger partial charge in [-0.3, -0.25) is 0 Å². The lowest BCUT2D eigenvalue weighted by Gasteiger charge is -2.55. The first-order valence-electron chi connectivity index (χ1n) is 5.87. The van der Waals surface area contributed by atoms with Gasteiger partial charge in [-0.2, -0.15) is 5.26 Å². The average molecular weight is 187 g/mol. The molecule has 14 heavy (non-hydrogen) atoms. The molecule has 0 aliphatic heterocycles. The third-order valence-corrected chi connectivity index (χ3v) is 4.60. The van der Waals surface area contributed by atoms with Crippen LogP contribution in [0.4, 0.5) is 0 Å². The number of allylic oxidation sites excluding steroid dienone is 2. The van der Waals surface area contributed by atoms with Gasteiger partial charge in [-0.1, -0.05) is 6.08 Å². The Morgan fingerprint density at radius 2 is 1.50 bits per heavy atom. The van der Waals surface area contributed by atoms with Crippen LogP contribution in [0.2, 0.25) is 0 Å². The van der Waals surface area contributed by atoms with Crippen molar-refractivity contribution in [1.82, 2.24) is 0 Å². The zero-order chi connectivity index (χ0) is 9.60. The summed E-state index contributed by atoms with van der Waals surface area (Å²) in [6, 6.07) is 2.16. The van der Waals surface area contributed by atoms with Crippen LogP contribution >= 0.6 is 0 Å². The van der Waals surface area contributed by atoms with Gasteiger partial charge < -0.3 is 0 Å². The summed E-state index contributed by atoms with van der Waals surface area (Å²) in [6.45, 7) is 0. The van der Waals surface area contributed by atoms with Gasteiger partial charge in [0.25, 0.3) is 0 Å². The molecule has 0 atom stereocenters. The minimum atomic E-state index is 0.449. The quantitative estimate of drug-likeness (QED) is 0.578. The Bertz CT molecular complexity index is 272. The fourth-order valence-electron chi connectivity index (χ4n) is 4.60. The summed E-state index contributed by atoms with van der Waals surface area (Å²) in [7, 11) is 0. The van der Waals surface area contributed by atoms with Crippen molar-refractivity contribution in [2.45, 2.75) is 38.5 Å². The Balaban J connectivity index is 1.88. The van der Waals surface area contributed by atoms with Gasteiger partial charge in [0.1, 0.15) is 0 Å². The molecule has 0 unspecified atom stereocenters. The SMILES string of the molecule is N#C/C=C/C12CC3CC(CC(C3)C1)C2. The van der Waals surface area contributed by atoms with Crippen LogP contribution in [-0.2, 0) is 0 Å². The fourth-order valence-corrected chi connectivity index (χ4v) is 4.60. The van der Waals surface area contributed by atoms with Crippen molar-refractivity contribution in [1.29, 1.82) is 5.26 Å². The van der Waals surface area contributed by atoms with Gasteiger partial charge in [0, 0.05) is 6.08 Å². The standard InChI is InChI=1S/C13H17N/c14-3-1-2-13-7-10-4-11(8-13)6-12(5-10)9-13/h1-2,10-12H,4-9H2/b2-1+. The predicted octanol–water partition coefficient (Wildman–Crippen LogP) is 3.28. The van der Waals surface area contributed by atoms with Crippen molar-refractivity contribution in [2.24, 2.45) is 23.2 Å². The molecular formula is C13H17N. The predicted molar refractivity (Wildman–Crippen MR) is 55.4 cm³/mol. The van der Waals surface area contributed by atoms with Crippen molar-refractivity contribution < 1.29 is 0 Å². The Labute approximate surface area is 85.8 Å². The lowest BCUT2D eigenvalue weighted by Crippen LogP contribution is -2.44. The monoisotopic (exact) mass is 187 g/mol. The lowest BCUT2D eigenvalue weighted by molar-refractivity contribution is -0.0237. The van der Waals surface area contributed by atoms with E-state index in [2.05, 4.69) is 12.1 Å². The van der Waals surface area contributed by atoms with Crippen LogP contribution in [0.15, 0.2) is 12.2 Å². The van der Waals surface area contributed by atoms with Gasteiger partial charge in [0.05, 0.1) is 6.07 Å². The summed E-state index contributed by atoms with van der Waals surface area (Å²) in [4.78, 5) is 0. The molecule has 4 fully saturated rings. The molecule has 74 valence electrons. The maximum atomic E-state index is 8.63. The fraction of sp³-hybridized carbons (Fsp3) is 0.769. The number of nitriles is 1. The molecule has 0 aromatic carbocycles. The first-order chi connectivity index (χ1) is 6.80. The Morgan fingerprint density at radius 3 is 1.93 bits per heavy atom. The summed E-state index contributed by atoms with van der Waals surface area (Å²) in [5.41, 5.74) is 0.449. The van der Waals surface area contributed by atoms with Crippen molar-refractivity contribution in [3.63, 3.8) is 0 Å². The molecular weight excluding hydrogens is 170 g/mol. The number of hydrogen-bond donors (Lipinski definition) is 0. The third kappa shape index (κ3) is 1.21. The number of rotatable bonds is 1. The van der Waals surface area contributed by atoms with Gasteiger partial charge in [-0.05, 0) is 61.7 Å². The summed E-state index contributed by atoms with van der Waals surface area (Å²) in [5.74, 6) is 2.97. The molecule has 0 spiro atoms. The number of hydrogen-bond acceptors (Lipinski definition) is 1. The minimum Gasteiger partial charge on any atom is -0.193 e. The van der Waals surface area contributed by atoms with Crippen LogP contribution in [-0.4, -0.2) is 0 Å². The first kappa shape index (κ1) is 8.53. The maximum absolute atomic E-state index is 8.63. The Kier molecular flexibility index (Phi) is 1.74. The van der Waals surface area contributed by atoms with Crippen LogP contribution in [0.25, 0.3) is 0 Å². The van der Waals surface area contributed by atoms with Gasteiger partial charge in [0.2, 0.25) is 0 Å². The summed E-state index contributed by atoms with van der Waals surface area (Å²) >= 11 is 0. The molecule has 4 aliphatic carbocycles. The molecule has 0 N–H and O–H groups in total. The van der Waals surface area contributed by atoms with E-state index in [-0.39, 0.29) is 0 Å². The second-order valence-corrected chi connectivity index (χ2v) is 5.74. The van der Waals surface area contributed by atoms with E-state index in [0.717, 1.165) is 17.8 Å². The normalized spacial score (nSPS) is 49.8. The van der Waals surface area contributed by atoms with E-state index in [1.807, 2.05) is 0 Å². The van der Waals surface area contributed by atoms with Gasteiger partial charge >= 0.3 is 0 Å². The topological polar surface area (TPSA) is 23.8 Å². The van der Waals surface area contributed by atoms with Crippen LogP contribution in [0, 0.1) is 34.5 Å². The second kappa shape index (κ2) is 2.86. The maximum Gasteiger partial charge on any atom is 0.0908 e. The summed E-state index contributed by atoms with van der Waals surface area (Å²) in [6.07, 6.45) is 12.5. The van der Waals surface area contributed by atoms with E-state index in [1.165, 1.54) is 38.5 Å². The molecule has 0 aromatic heterocycles. The summed E-state index contributed by atoms with van der Waals surface area (Å²) in [5, 5.41) is 8.63. The van der Waals surface area contributed by atoms with Crippen LogP contribution in [0.1, 0.15) is 38.5 Å². The minimum absolute atomic E-state index is 0.449. The Hall–Kier alpha value is -0.770. The molecule has 0 amide bonds. The van der Waals surface area contributed by atoms with Gasteiger partial charge in [-0.15, -0.1) is 0 Å². The largest absolute Gasteiger partial charge is 0.193 e. The van der Waals surface area contributed by atoms with E-state index in [9.17, 15) is 0 Å². The molecule has 4 aliphatic rings. The highest BCUT2D eigenvalue weighted by atomic mass is 14.5. The lowest BCUT2D eigenvalue weighted by atomic mass is 9.49. The molecule has 0 aromatic rings. The molecule has 4 bridgehead atoms. The number of nitrogens with zero attached hydrogens (tertiary/aromatic N) is 1. The Morgan fingerprint density at radius 1 is 1.00 bits per heavy atom. The molecule has 1 nitrogen and oxygen atoms in total.